The number of hydrogen-bond acceptors (Lipinski definition) is 6. The van der Waals surface area contributed by atoms with E-state index in [1.165, 1.54) is 44.9 Å². The Kier molecular flexibility index (Phi) is 11.3. The van der Waals surface area contributed by atoms with Crippen molar-refractivity contribution in [3.05, 3.63) is 30.7 Å². The molecule has 2 aromatic rings. The highest BCUT2D eigenvalue weighted by molar-refractivity contribution is 5.57. The summed E-state index contributed by atoms with van der Waals surface area (Å²) in [6, 6.07) is 3.84. The van der Waals surface area contributed by atoms with Crippen molar-refractivity contribution >= 4 is 0 Å². The summed E-state index contributed by atoms with van der Waals surface area (Å²) in [5.41, 5.74) is 1.69. The quantitative estimate of drug-likeness (QED) is 0.255. The molecule has 3 rings (SSSR count). The van der Waals surface area contributed by atoms with E-state index in [1.54, 1.807) is 18.6 Å². The molecule has 0 saturated heterocycles. The topological polar surface area (TPSA) is 66.4 Å². The number of hydrogen-bond donors (Lipinski definition) is 0. The van der Waals surface area contributed by atoms with E-state index in [0.717, 1.165) is 56.1 Å². The zero-order valence-electron chi connectivity index (χ0n) is 19.6. The summed E-state index contributed by atoms with van der Waals surface area (Å²) in [5, 5.41) is 0. The lowest BCUT2D eigenvalue weighted by Crippen LogP contribution is -2.02. The summed E-state index contributed by atoms with van der Waals surface area (Å²) in [4.78, 5) is 13.2. The van der Waals surface area contributed by atoms with Crippen LogP contribution < -0.4 is 9.47 Å². The Hall–Kier alpha value is -2.21. The largest absolute Gasteiger partial charge is 0.478 e. The van der Waals surface area contributed by atoms with Crippen molar-refractivity contribution in [2.24, 2.45) is 5.92 Å². The maximum atomic E-state index is 5.73. The van der Waals surface area contributed by atoms with E-state index >= 15 is 0 Å². The van der Waals surface area contributed by atoms with Crippen LogP contribution in [0.4, 0.5) is 0 Å². The van der Waals surface area contributed by atoms with Crippen molar-refractivity contribution in [1.82, 2.24) is 15.0 Å². The molecule has 6 nitrogen and oxygen atoms in total. The molecule has 2 heterocycles. The van der Waals surface area contributed by atoms with E-state index in [2.05, 4.69) is 21.9 Å². The number of aromatic nitrogens is 3. The molecule has 0 radical (unpaired) electrons. The fraction of sp³-hybridized carbons (Fsp3) is 0.654. The van der Waals surface area contributed by atoms with Gasteiger partial charge in [0, 0.05) is 31.0 Å². The van der Waals surface area contributed by atoms with Crippen molar-refractivity contribution < 1.29 is 14.2 Å². The summed E-state index contributed by atoms with van der Waals surface area (Å²) in [6.07, 6.45) is 18.8. The third-order valence-corrected chi connectivity index (χ3v) is 5.69. The first kappa shape index (κ1) is 24.4. The number of nitrogens with zero attached hydrogens (tertiary/aromatic N) is 3. The van der Waals surface area contributed by atoms with Crippen LogP contribution in [0.2, 0.25) is 0 Å². The zero-order valence-corrected chi connectivity index (χ0v) is 19.6. The second-order valence-electron chi connectivity index (χ2n) is 8.64. The van der Waals surface area contributed by atoms with E-state index in [-0.39, 0.29) is 0 Å². The summed E-state index contributed by atoms with van der Waals surface area (Å²) in [7, 11) is 0. The molecule has 0 amide bonds. The molecule has 0 atom stereocenters. The van der Waals surface area contributed by atoms with Gasteiger partial charge < -0.3 is 14.2 Å². The standard InChI is InChI=1S/C26H39N3O3/c1-2-3-15-30-16-8-9-18-31-25-14-13-23(19-28-25)24-20-29-26(21-27-24)32-17-7-5-4-6-10-22-11-12-22/h13-14,19-22H,2-12,15-18H2,1H3. The van der Waals surface area contributed by atoms with Crippen LogP contribution in [-0.2, 0) is 4.74 Å². The van der Waals surface area contributed by atoms with Crippen LogP contribution in [0.15, 0.2) is 30.7 Å². The van der Waals surface area contributed by atoms with Crippen molar-refractivity contribution in [1.29, 1.82) is 0 Å². The maximum absolute atomic E-state index is 5.73. The first-order chi connectivity index (χ1) is 15.8. The molecule has 176 valence electrons. The van der Waals surface area contributed by atoms with Gasteiger partial charge in [0.2, 0.25) is 11.8 Å². The molecular formula is C26H39N3O3. The molecule has 2 aromatic heterocycles. The Bertz CT molecular complexity index is 733. The predicted octanol–water partition coefficient (Wildman–Crippen LogP) is 6.25. The highest BCUT2D eigenvalue weighted by atomic mass is 16.5. The van der Waals surface area contributed by atoms with Gasteiger partial charge in [0.25, 0.3) is 0 Å². The number of rotatable bonds is 18. The number of unbranched alkanes of at least 4 members (excludes halogenated alkanes) is 5. The van der Waals surface area contributed by atoms with E-state index in [1.807, 2.05) is 12.1 Å². The average molecular weight is 442 g/mol. The minimum Gasteiger partial charge on any atom is -0.478 e. The molecule has 1 saturated carbocycles. The van der Waals surface area contributed by atoms with Crippen molar-refractivity contribution in [2.45, 2.75) is 77.6 Å². The van der Waals surface area contributed by atoms with Crippen LogP contribution in [0, 0.1) is 5.92 Å². The number of pyridine rings is 1. The Morgan fingerprint density at radius 1 is 0.719 bits per heavy atom. The average Bonchev–Trinajstić information content (AvgIpc) is 3.65. The van der Waals surface area contributed by atoms with E-state index in [9.17, 15) is 0 Å². The lowest BCUT2D eigenvalue weighted by atomic mass is 10.1. The van der Waals surface area contributed by atoms with Gasteiger partial charge in [-0.15, -0.1) is 0 Å². The summed E-state index contributed by atoms with van der Waals surface area (Å²) >= 11 is 0. The Morgan fingerprint density at radius 2 is 1.44 bits per heavy atom. The highest BCUT2D eigenvalue weighted by Gasteiger charge is 2.19. The summed E-state index contributed by atoms with van der Waals surface area (Å²) in [6.45, 7) is 5.18. The Morgan fingerprint density at radius 3 is 2.16 bits per heavy atom. The van der Waals surface area contributed by atoms with Gasteiger partial charge in [-0.25, -0.2) is 15.0 Å². The van der Waals surface area contributed by atoms with Crippen LogP contribution in [0.5, 0.6) is 11.8 Å². The molecular weight excluding hydrogens is 402 g/mol. The van der Waals surface area contributed by atoms with Crippen LogP contribution in [0.1, 0.15) is 77.6 Å². The normalized spacial score (nSPS) is 13.3. The molecule has 0 spiro atoms. The third-order valence-electron chi connectivity index (χ3n) is 5.69. The third kappa shape index (κ3) is 9.94. The monoisotopic (exact) mass is 441 g/mol. The summed E-state index contributed by atoms with van der Waals surface area (Å²) < 4.78 is 17.0. The molecule has 1 aliphatic rings. The Labute approximate surface area is 193 Å². The molecule has 1 aliphatic carbocycles. The second kappa shape index (κ2) is 14.8. The van der Waals surface area contributed by atoms with Crippen molar-refractivity contribution in [3.63, 3.8) is 0 Å². The lowest BCUT2D eigenvalue weighted by Gasteiger charge is -2.07. The first-order valence-corrected chi connectivity index (χ1v) is 12.5. The van der Waals surface area contributed by atoms with E-state index in [4.69, 9.17) is 14.2 Å². The van der Waals surface area contributed by atoms with Gasteiger partial charge in [0.1, 0.15) is 0 Å². The zero-order chi connectivity index (χ0) is 22.3. The molecule has 0 aromatic carbocycles. The van der Waals surface area contributed by atoms with Gasteiger partial charge in [-0.2, -0.15) is 0 Å². The molecule has 0 bridgehead atoms. The molecule has 32 heavy (non-hydrogen) atoms. The molecule has 0 aliphatic heterocycles. The number of ether oxygens (including phenoxy) is 3. The molecule has 1 fully saturated rings. The van der Waals surface area contributed by atoms with Crippen LogP contribution in [0.3, 0.4) is 0 Å². The highest BCUT2D eigenvalue weighted by Crippen LogP contribution is 2.34. The minimum absolute atomic E-state index is 0.582. The van der Waals surface area contributed by atoms with Gasteiger partial charge in [-0.1, -0.05) is 51.9 Å². The van der Waals surface area contributed by atoms with E-state index in [0.29, 0.717) is 25.0 Å². The Balaban J connectivity index is 1.27. The smallest absolute Gasteiger partial charge is 0.232 e. The van der Waals surface area contributed by atoms with Crippen LogP contribution >= 0.6 is 0 Å². The second-order valence-corrected chi connectivity index (χ2v) is 8.64. The van der Waals surface area contributed by atoms with Crippen LogP contribution in [-0.4, -0.2) is 41.4 Å². The first-order valence-electron chi connectivity index (χ1n) is 12.5. The van der Waals surface area contributed by atoms with E-state index < -0.39 is 0 Å². The predicted molar refractivity (Wildman–Crippen MR) is 127 cm³/mol. The van der Waals surface area contributed by atoms with Crippen molar-refractivity contribution in [3.8, 4) is 23.0 Å². The van der Waals surface area contributed by atoms with Gasteiger partial charge in [-0.3, -0.25) is 0 Å². The maximum Gasteiger partial charge on any atom is 0.232 e. The van der Waals surface area contributed by atoms with Gasteiger partial charge in [0.05, 0.1) is 31.3 Å². The lowest BCUT2D eigenvalue weighted by molar-refractivity contribution is 0.123. The van der Waals surface area contributed by atoms with Crippen LogP contribution in [0.25, 0.3) is 11.3 Å². The van der Waals surface area contributed by atoms with Gasteiger partial charge in [-0.05, 0) is 37.7 Å². The van der Waals surface area contributed by atoms with Gasteiger partial charge >= 0.3 is 0 Å². The minimum atomic E-state index is 0.582. The fourth-order valence-electron chi connectivity index (χ4n) is 3.46. The fourth-order valence-corrected chi connectivity index (χ4v) is 3.46. The SMILES string of the molecule is CCCCOCCCCOc1ccc(-c2cnc(OCCCCCCC3CC3)cn2)cn1. The molecule has 0 N–H and O–H groups in total. The molecule has 0 unspecified atom stereocenters. The van der Waals surface area contributed by atoms with Gasteiger partial charge in [0.15, 0.2) is 0 Å². The molecule has 6 heteroatoms. The summed E-state index contributed by atoms with van der Waals surface area (Å²) in [5.74, 6) is 2.26. The van der Waals surface area contributed by atoms with Crippen molar-refractivity contribution in [2.75, 3.05) is 26.4 Å².